The predicted molar refractivity (Wildman–Crippen MR) is 86.2 cm³/mol. The van der Waals surface area contributed by atoms with Gasteiger partial charge in [0.05, 0.1) is 0 Å². The van der Waals surface area contributed by atoms with E-state index in [-0.39, 0.29) is 11.7 Å². The summed E-state index contributed by atoms with van der Waals surface area (Å²) in [4.78, 5) is 11.2. The van der Waals surface area contributed by atoms with Gasteiger partial charge in [0.15, 0.2) is 0 Å². The first-order chi connectivity index (χ1) is 10.1. The van der Waals surface area contributed by atoms with E-state index in [1.807, 2.05) is 30.3 Å². The highest BCUT2D eigenvalue weighted by molar-refractivity contribution is 14.1. The maximum atomic E-state index is 11.2. The number of aromatic carboxylic acids is 1. The molecule has 1 atom stereocenters. The molecule has 4 nitrogen and oxygen atoms in total. The number of ether oxygens (including phenoxy) is 2. The molecule has 0 amide bonds. The average molecular weight is 396 g/mol. The highest BCUT2D eigenvalue weighted by atomic mass is 127. The van der Waals surface area contributed by atoms with Gasteiger partial charge in [0.1, 0.15) is 29.8 Å². The highest BCUT2D eigenvalue weighted by Gasteiger charge is 2.23. The fourth-order valence-corrected chi connectivity index (χ4v) is 2.82. The summed E-state index contributed by atoms with van der Waals surface area (Å²) >= 11 is 2.08. The van der Waals surface area contributed by atoms with Crippen molar-refractivity contribution in [2.45, 2.75) is 12.5 Å². The van der Waals surface area contributed by atoms with Crippen LogP contribution in [0.3, 0.4) is 0 Å². The van der Waals surface area contributed by atoms with Gasteiger partial charge in [0.25, 0.3) is 0 Å². The van der Waals surface area contributed by atoms with E-state index < -0.39 is 5.97 Å². The van der Waals surface area contributed by atoms with E-state index in [1.165, 1.54) is 0 Å². The number of hydrogen-bond donors (Lipinski definition) is 1. The van der Waals surface area contributed by atoms with Crippen LogP contribution >= 0.6 is 22.6 Å². The second-order valence-corrected chi connectivity index (χ2v) is 6.05. The molecule has 1 unspecified atom stereocenters. The molecule has 1 N–H and O–H groups in total. The van der Waals surface area contributed by atoms with Gasteiger partial charge in [-0.25, -0.2) is 4.79 Å². The largest absolute Gasteiger partial charge is 0.489 e. The maximum absolute atomic E-state index is 11.2. The smallest absolute Gasteiger partial charge is 0.339 e. The highest BCUT2D eigenvalue weighted by Crippen LogP contribution is 2.29. The first-order valence-corrected chi connectivity index (χ1v) is 7.61. The van der Waals surface area contributed by atoms with Gasteiger partial charge in [0, 0.05) is 9.99 Å². The summed E-state index contributed by atoms with van der Waals surface area (Å²) in [6.45, 7) is 0.329. The topological polar surface area (TPSA) is 55.8 Å². The van der Waals surface area contributed by atoms with Crippen molar-refractivity contribution in [3.63, 3.8) is 0 Å². The van der Waals surface area contributed by atoms with Crippen LogP contribution in [0, 0.1) is 3.57 Å². The number of benzene rings is 2. The summed E-state index contributed by atoms with van der Waals surface area (Å²) < 4.78 is 12.3. The number of carboxylic acid groups (broad SMARTS) is 1. The molecular formula is C16H13IO4. The van der Waals surface area contributed by atoms with E-state index in [4.69, 9.17) is 9.47 Å². The standard InChI is InChI=1S/C16H13IO4/c17-11-5-6-15(13(8-11)16(18)19)20-9-12-7-10-3-1-2-4-14(10)21-12/h1-6,8,12H,7,9H2,(H,18,19). The molecule has 0 bridgehead atoms. The normalized spacial score (nSPS) is 16.1. The summed E-state index contributed by atoms with van der Waals surface area (Å²) in [5, 5.41) is 9.21. The quantitative estimate of drug-likeness (QED) is 0.806. The van der Waals surface area contributed by atoms with Crippen LogP contribution in [0.4, 0.5) is 0 Å². The van der Waals surface area contributed by atoms with Crippen molar-refractivity contribution in [3.05, 3.63) is 57.2 Å². The van der Waals surface area contributed by atoms with Gasteiger partial charge in [-0.15, -0.1) is 0 Å². The van der Waals surface area contributed by atoms with Crippen LogP contribution in [-0.2, 0) is 6.42 Å². The second kappa shape index (κ2) is 5.93. The van der Waals surface area contributed by atoms with Crippen LogP contribution in [0.25, 0.3) is 0 Å². The van der Waals surface area contributed by atoms with Gasteiger partial charge in [-0.1, -0.05) is 18.2 Å². The number of rotatable bonds is 4. The summed E-state index contributed by atoms with van der Waals surface area (Å²) in [7, 11) is 0. The Balaban J connectivity index is 1.68. The minimum Gasteiger partial charge on any atom is -0.489 e. The monoisotopic (exact) mass is 396 g/mol. The van der Waals surface area contributed by atoms with Gasteiger partial charge in [-0.2, -0.15) is 0 Å². The molecule has 2 aromatic carbocycles. The number of halogens is 1. The average Bonchev–Trinajstić information content (AvgIpc) is 2.88. The molecule has 21 heavy (non-hydrogen) atoms. The molecule has 0 radical (unpaired) electrons. The predicted octanol–water partition coefficient (Wildman–Crippen LogP) is 3.37. The fourth-order valence-electron chi connectivity index (χ4n) is 2.32. The van der Waals surface area contributed by atoms with Crippen LogP contribution in [0.2, 0.25) is 0 Å². The molecule has 1 heterocycles. The Hall–Kier alpha value is -1.76. The molecule has 3 rings (SSSR count). The van der Waals surface area contributed by atoms with Crippen LogP contribution in [0.1, 0.15) is 15.9 Å². The lowest BCUT2D eigenvalue weighted by Crippen LogP contribution is -2.23. The van der Waals surface area contributed by atoms with Gasteiger partial charge in [-0.3, -0.25) is 0 Å². The number of fused-ring (bicyclic) bond motifs is 1. The first-order valence-electron chi connectivity index (χ1n) is 6.53. The number of para-hydroxylation sites is 1. The number of hydrogen-bond acceptors (Lipinski definition) is 3. The minimum atomic E-state index is -0.987. The van der Waals surface area contributed by atoms with E-state index >= 15 is 0 Å². The summed E-state index contributed by atoms with van der Waals surface area (Å²) in [5.41, 5.74) is 1.34. The first kappa shape index (κ1) is 14.2. The third kappa shape index (κ3) is 3.12. The second-order valence-electron chi connectivity index (χ2n) is 4.81. The summed E-state index contributed by atoms with van der Waals surface area (Å²) in [6.07, 6.45) is 0.700. The maximum Gasteiger partial charge on any atom is 0.339 e. The SMILES string of the molecule is O=C(O)c1cc(I)ccc1OCC1Cc2ccccc2O1. The molecule has 0 spiro atoms. The van der Waals surface area contributed by atoms with Crippen molar-refractivity contribution >= 4 is 28.6 Å². The third-order valence-electron chi connectivity index (χ3n) is 3.31. The molecule has 1 aliphatic rings. The van der Waals surface area contributed by atoms with Crippen molar-refractivity contribution in [3.8, 4) is 11.5 Å². The molecule has 0 aromatic heterocycles. The zero-order valence-corrected chi connectivity index (χ0v) is 13.2. The number of carboxylic acids is 1. The molecule has 0 fully saturated rings. The minimum absolute atomic E-state index is 0.0803. The van der Waals surface area contributed by atoms with Crippen molar-refractivity contribution in [2.24, 2.45) is 0 Å². The molecule has 2 aromatic rings. The van der Waals surface area contributed by atoms with Gasteiger partial charge >= 0.3 is 5.97 Å². The Kier molecular flexibility index (Phi) is 4.01. The van der Waals surface area contributed by atoms with Crippen LogP contribution in [-0.4, -0.2) is 23.8 Å². The lowest BCUT2D eigenvalue weighted by molar-refractivity contribution is 0.0688. The molecule has 1 aliphatic heterocycles. The summed E-state index contributed by atoms with van der Waals surface area (Å²) in [6, 6.07) is 13.0. The molecular weight excluding hydrogens is 383 g/mol. The van der Waals surface area contributed by atoms with Crippen molar-refractivity contribution < 1.29 is 19.4 Å². The zero-order valence-electron chi connectivity index (χ0n) is 11.1. The Morgan fingerprint density at radius 3 is 2.90 bits per heavy atom. The van der Waals surface area contributed by atoms with Crippen molar-refractivity contribution in [1.82, 2.24) is 0 Å². The molecule has 0 saturated carbocycles. The van der Waals surface area contributed by atoms with E-state index in [0.717, 1.165) is 21.3 Å². The summed E-state index contributed by atoms with van der Waals surface area (Å²) in [5.74, 6) is 0.272. The van der Waals surface area contributed by atoms with E-state index in [2.05, 4.69) is 22.6 Å². The molecule has 5 heteroatoms. The Morgan fingerprint density at radius 1 is 1.33 bits per heavy atom. The van der Waals surface area contributed by atoms with Crippen LogP contribution in [0.15, 0.2) is 42.5 Å². The Morgan fingerprint density at radius 2 is 2.14 bits per heavy atom. The van der Waals surface area contributed by atoms with Crippen LogP contribution in [0.5, 0.6) is 11.5 Å². The van der Waals surface area contributed by atoms with E-state index in [1.54, 1.807) is 12.1 Å². The van der Waals surface area contributed by atoms with Gasteiger partial charge in [-0.05, 0) is 52.4 Å². The van der Waals surface area contributed by atoms with Crippen molar-refractivity contribution in [2.75, 3.05) is 6.61 Å². The molecule has 0 aliphatic carbocycles. The lowest BCUT2D eigenvalue weighted by Gasteiger charge is -2.14. The Bertz CT molecular complexity index is 659. The van der Waals surface area contributed by atoms with Crippen LogP contribution < -0.4 is 9.47 Å². The number of carbonyl (C=O) groups is 1. The van der Waals surface area contributed by atoms with Gasteiger partial charge in [0.2, 0.25) is 0 Å². The molecule has 0 saturated heterocycles. The van der Waals surface area contributed by atoms with E-state index in [0.29, 0.717) is 12.4 Å². The lowest BCUT2D eigenvalue weighted by atomic mass is 10.1. The van der Waals surface area contributed by atoms with Gasteiger partial charge < -0.3 is 14.6 Å². The molecule has 108 valence electrons. The fraction of sp³-hybridized carbons (Fsp3) is 0.188. The zero-order chi connectivity index (χ0) is 14.8. The van der Waals surface area contributed by atoms with E-state index in [9.17, 15) is 9.90 Å². The van der Waals surface area contributed by atoms with Crippen molar-refractivity contribution in [1.29, 1.82) is 0 Å². The third-order valence-corrected chi connectivity index (χ3v) is 3.98. The Labute approximate surface area is 135 Å².